The molecule has 1 saturated heterocycles. The van der Waals surface area contributed by atoms with E-state index in [1.807, 2.05) is 0 Å². The quantitative estimate of drug-likeness (QED) is 0.810. The van der Waals surface area contributed by atoms with Gasteiger partial charge in [-0.3, -0.25) is 0 Å². The standard InChI is InChI=1S/C13H24N2O3/c1-9(2)11(12(16)17)14-13(18)15-7-4-5-10(3)6-8-15/h9-11H,4-8H2,1-3H3,(H,14,18)(H,16,17)/t10?,11-/m1/s1. The summed E-state index contributed by atoms with van der Waals surface area (Å²) in [6.45, 7) is 7.22. The lowest BCUT2D eigenvalue weighted by Crippen LogP contribution is -2.50. The van der Waals surface area contributed by atoms with Crippen molar-refractivity contribution in [2.45, 2.75) is 46.1 Å². The van der Waals surface area contributed by atoms with E-state index in [0.29, 0.717) is 5.92 Å². The van der Waals surface area contributed by atoms with Gasteiger partial charge < -0.3 is 15.3 Å². The van der Waals surface area contributed by atoms with Gasteiger partial charge in [-0.05, 0) is 31.1 Å². The molecule has 0 spiro atoms. The minimum Gasteiger partial charge on any atom is -0.480 e. The third kappa shape index (κ3) is 4.20. The predicted octanol–water partition coefficient (Wildman–Crippen LogP) is 1.93. The van der Waals surface area contributed by atoms with Crippen LogP contribution in [0.4, 0.5) is 4.79 Å². The predicted molar refractivity (Wildman–Crippen MR) is 69.4 cm³/mol. The second-order valence-electron chi connectivity index (χ2n) is 5.53. The Morgan fingerprint density at radius 1 is 1.28 bits per heavy atom. The molecule has 0 aromatic carbocycles. The Morgan fingerprint density at radius 3 is 2.50 bits per heavy atom. The molecule has 1 aliphatic rings. The highest BCUT2D eigenvalue weighted by atomic mass is 16.4. The van der Waals surface area contributed by atoms with Gasteiger partial charge in [0.2, 0.25) is 0 Å². The van der Waals surface area contributed by atoms with Crippen LogP contribution in [0.5, 0.6) is 0 Å². The number of hydrogen-bond acceptors (Lipinski definition) is 2. The molecule has 0 aliphatic carbocycles. The van der Waals surface area contributed by atoms with E-state index in [1.54, 1.807) is 18.7 Å². The number of likely N-dealkylation sites (tertiary alicyclic amines) is 1. The Labute approximate surface area is 109 Å². The number of amides is 2. The summed E-state index contributed by atoms with van der Waals surface area (Å²) in [5.41, 5.74) is 0. The second-order valence-corrected chi connectivity index (χ2v) is 5.53. The minimum absolute atomic E-state index is 0.114. The van der Waals surface area contributed by atoms with Gasteiger partial charge in [-0.1, -0.05) is 20.8 Å². The van der Waals surface area contributed by atoms with Crippen LogP contribution in [0.3, 0.4) is 0 Å². The number of carboxylic acids is 1. The molecule has 1 aliphatic heterocycles. The maximum absolute atomic E-state index is 12.0. The molecule has 18 heavy (non-hydrogen) atoms. The largest absolute Gasteiger partial charge is 0.480 e. The fraction of sp³-hybridized carbons (Fsp3) is 0.846. The zero-order valence-electron chi connectivity index (χ0n) is 11.5. The second kappa shape index (κ2) is 6.61. The average Bonchev–Trinajstić information content (AvgIpc) is 2.49. The monoisotopic (exact) mass is 256 g/mol. The molecule has 2 amide bonds. The van der Waals surface area contributed by atoms with Gasteiger partial charge in [0.05, 0.1) is 0 Å². The zero-order chi connectivity index (χ0) is 13.7. The summed E-state index contributed by atoms with van der Waals surface area (Å²) < 4.78 is 0. The molecule has 104 valence electrons. The van der Waals surface area contributed by atoms with Gasteiger partial charge in [0.25, 0.3) is 0 Å². The highest BCUT2D eigenvalue weighted by Gasteiger charge is 2.26. The first kappa shape index (κ1) is 14.8. The summed E-state index contributed by atoms with van der Waals surface area (Å²) in [5, 5.41) is 11.7. The van der Waals surface area contributed by atoms with Crippen molar-refractivity contribution in [3.05, 3.63) is 0 Å². The van der Waals surface area contributed by atoms with Gasteiger partial charge in [0.15, 0.2) is 0 Å². The van der Waals surface area contributed by atoms with Crippen molar-refractivity contribution in [3.63, 3.8) is 0 Å². The molecule has 1 unspecified atom stereocenters. The number of urea groups is 1. The zero-order valence-corrected chi connectivity index (χ0v) is 11.5. The van der Waals surface area contributed by atoms with Crippen molar-refractivity contribution in [1.29, 1.82) is 0 Å². The maximum atomic E-state index is 12.0. The summed E-state index contributed by atoms with van der Waals surface area (Å²) >= 11 is 0. The Bertz CT molecular complexity index is 305. The molecule has 1 rings (SSSR count). The highest BCUT2D eigenvalue weighted by molar-refractivity contribution is 5.82. The summed E-state index contributed by atoms with van der Waals surface area (Å²) in [4.78, 5) is 24.8. The van der Waals surface area contributed by atoms with Gasteiger partial charge in [-0.25, -0.2) is 9.59 Å². The van der Waals surface area contributed by atoms with Crippen molar-refractivity contribution in [2.24, 2.45) is 11.8 Å². The molecule has 1 heterocycles. The van der Waals surface area contributed by atoms with Gasteiger partial charge in [0.1, 0.15) is 6.04 Å². The van der Waals surface area contributed by atoms with Gasteiger partial charge >= 0.3 is 12.0 Å². The number of carbonyl (C=O) groups excluding carboxylic acids is 1. The van der Waals surface area contributed by atoms with E-state index < -0.39 is 12.0 Å². The van der Waals surface area contributed by atoms with Crippen LogP contribution in [-0.4, -0.2) is 41.1 Å². The average molecular weight is 256 g/mol. The lowest BCUT2D eigenvalue weighted by Gasteiger charge is -2.25. The van der Waals surface area contributed by atoms with Crippen molar-refractivity contribution in [2.75, 3.05) is 13.1 Å². The maximum Gasteiger partial charge on any atom is 0.326 e. The van der Waals surface area contributed by atoms with Crippen LogP contribution in [0.15, 0.2) is 0 Å². The summed E-state index contributed by atoms with van der Waals surface area (Å²) in [6, 6.07) is -1.05. The number of hydrogen-bond donors (Lipinski definition) is 2. The van der Waals surface area contributed by atoms with Crippen molar-refractivity contribution in [3.8, 4) is 0 Å². The fourth-order valence-electron chi connectivity index (χ4n) is 2.20. The van der Waals surface area contributed by atoms with Gasteiger partial charge in [-0.2, -0.15) is 0 Å². The number of carboxylic acid groups (broad SMARTS) is 1. The SMILES string of the molecule is CC1CCCN(C(=O)N[C@@H](C(=O)O)C(C)C)CC1. The first-order valence-corrected chi connectivity index (χ1v) is 6.70. The van der Waals surface area contributed by atoms with Crippen molar-refractivity contribution in [1.82, 2.24) is 10.2 Å². The molecule has 2 atom stereocenters. The van der Waals surface area contributed by atoms with Crippen LogP contribution in [0.25, 0.3) is 0 Å². The number of carbonyl (C=O) groups is 2. The van der Waals surface area contributed by atoms with Crippen LogP contribution < -0.4 is 5.32 Å². The molecule has 1 fully saturated rings. The Hall–Kier alpha value is -1.26. The molecule has 0 aromatic heterocycles. The number of nitrogens with zero attached hydrogens (tertiary/aromatic N) is 1. The normalized spacial score (nSPS) is 22.4. The lowest BCUT2D eigenvalue weighted by molar-refractivity contribution is -0.140. The first-order chi connectivity index (χ1) is 8.41. The van der Waals surface area contributed by atoms with Crippen LogP contribution >= 0.6 is 0 Å². The molecular weight excluding hydrogens is 232 g/mol. The lowest BCUT2D eigenvalue weighted by atomic mass is 10.0. The van der Waals surface area contributed by atoms with E-state index in [1.165, 1.54) is 0 Å². The van der Waals surface area contributed by atoms with Crippen molar-refractivity contribution >= 4 is 12.0 Å². The van der Waals surface area contributed by atoms with E-state index in [-0.39, 0.29) is 11.9 Å². The Kier molecular flexibility index (Phi) is 5.44. The molecule has 5 nitrogen and oxygen atoms in total. The van der Waals surface area contributed by atoms with Gasteiger partial charge in [0, 0.05) is 13.1 Å². The van der Waals surface area contributed by atoms with E-state index in [9.17, 15) is 9.59 Å². The molecular formula is C13H24N2O3. The third-order valence-corrected chi connectivity index (χ3v) is 3.52. The topological polar surface area (TPSA) is 69.6 Å². The van der Waals surface area contributed by atoms with E-state index in [0.717, 1.165) is 32.4 Å². The van der Waals surface area contributed by atoms with E-state index in [4.69, 9.17) is 5.11 Å². The molecule has 5 heteroatoms. The third-order valence-electron chi connectivity index (χ3n) is 3.52. The number of aliphatic carboxylic acids is 1. The number of nitrogens with one attached hydrogen (secondary N) is 1. The fourth-order valence-corrected chi connectivity index (χ4v) is 2.20. The van der Waals surface area contributed by atoms with Crippen LogP contribution in [0.2, 0.25) is 0 Å². The minimum atomic E-state index is -0.971. The molecule has 0 radical (unpaired) electrons. The van der Waals surface area contributed by atoms with Gasteiger partial charge in [-0.15, -0.1) is 0 Å². The Balaban J connectivity index is 2.55. The van der Waals surface area contributed by atoms with Crippen LogP contribution in [-0.2, 0) is 4.79 Å². The van der Waals surface area contributed by atoms with E-state index in [2.05, 4.69) is 12.2 Å². The number of rotatable bonds is 3. The van der Waals surface area contributed by atoms with Crippen molar-refractivity contribution < 1.29 is 14.7 Å². The molecule has 0 bridgehead atoms. The molecule has 2 N–H and O–H groups in total. The summed E-state index contributed by atoms with van der Waals surface area (Å²) in [6.07, 6.45) is 3.12. The first-order valence-electron chi connectivity index (χ1n) is 6.70. The summed E-state index contributed by atoms with van der Waals surface area (Å²) in [5.74, 6) is -0.443. The smallest absolute Gasteiger partial charge is 0.326 e. The van der Waals surface area contributed by atoms with Crippen LogP contribution in [0, 0.1) is 11.8 Å². The summed E-state index contributed by atoms with van der Waals surface area (Å²) in [7, 11) is 0. The Morgan fingerprint density at radius 2 is 1.94 bits per heavy atom. The van der Waals surface area contributed by atoms with E-state index >= 15 is 0 Å². The molecule has 0 aromatic rings. The van der Waals surface area contributed by atoms with Crippen LogP contribution in [0.1, 0.15) is 40.0 Å². The highest BCUT2D eigenvalue weighted by Crippen LogP contribution is 2.16. The molecule has 0 saturated carbocycles.